The Kier molecular flexibility index (Phi) is 7.06. The van der Waals surface area contributed by atoms with Gasteiger partial charge < -0.3 is 10.6 Å². The van der Waals surface area contributed by atoms with E-state index in [2.05, 4.69) is 26.6 Å². The fourth-order valence-electron chi connectivity index (χ4n) is 2.65. The number of carbonyl (C=O) groups excluding carboxylic acids is 2. The molecule has 2 N–H and O–H groups in total. The largest absolute Gasteiger partial charge is 0.326 e. The van der Waals surface area contributed by atoms with E-state index in [4.69, 9.17) is 0 Å². The van der Waals surface area contributed by atoms with E-state index >= 15 is 0 Å². The van der Waals surface area contributed by atoms with Gasteiger partial charge in [0.05, 0.1) is 5.69 Å². The van der Waals surface area contributed by atoms with Gasteiger partial charge in [-0.1, -0.05) is 46.3 Å². The number of nitrogens with one attached hydrogen (secondary N) is 2. The second-order valence-electron chi connectivity index (χ2n) is 6.23. The number of amides is 2. The Morgan fingerprint density at radius 3 is 2.28 bits per heavy atom. The highest BCUT2D eigenvalue weighted by molar-refractivity contribution is 9.10. The molecule has 0 aliphatic rings. The van der Waals surface area contributed by atoms with Crippen LogP contribution in [0, 0.1) is 5.82 Å². The number of thioether (sulfide) groups is 1. The number of benzene rings is 3. The first-order chi connectivity index (χ1) is 13.9. The van der Waals surface area contributed by atoms with Crippen LogP contribution < -0.4 is 10.6 Å². The molecule has 2 amide bonds. The molecule has 0 aromatic heterocycles. The monoisotopic (exact) mass is 472 g/mol. The lowest BCUT2D eigenvalue weighted by Crippen LogP contribution is -2.19. The van der Waals surface area contributed by atoms with E-state index in [1.165, 1.54) is 30.8 Å². The average molecular weight is 473 g/mol. The summed E-state index contributed by atoms with van der Waals surface area (Å²) in [5.74, 6) is -0.985. The van der Waals surface area contributed by atoms with Gasteiger partial charge in [-0.2, -0.15) is 0 Å². The minimum atomic E-state index is -0.578. The number of rotatable bonds is 6. The molecule has 29 heavy (non-hydrogen) atoms. The molecule has 3 aromatic rings. The van der Waals surface area contributed by atoms with Gasteiger partial charge in [0.15, 0.2) is 0 Å². The Morgan fingerprint density at radius 2 is 1.66 bits per heavy atom. The van der Waals surface area contributed by atoms with E-state index in [1.807, 2.05) is 42.5 Å². The van der Waals surface area contributed by atoms with E-state index in [0.29, 0.717) is 10.2 Å². The number of hydrogen-bond donors (Lipinski definition) is 2. The normalized spacial score (nSPS) is 11.6. The van der Waals surface area contributed by atoms with Gasteiger partial charge in [-0.3, -0.25) is 9.59 Å². The van der Waals surface area contributed by atoms with Crippen LogP contribution in [0.2, 0.25) is 0 Å². The zero-order chi connectivity index (χ0) is 20.8. The SMILES string of the molecule is CC(=O)Nc1ccc(SC(C(=O)Nc2ccc(Br)cc2F)c2ccccc2)cc1. The van der Waals surface area contributed by atoms with Crippen LogP contribution in [0.5, 0.6) is 0 Å². The van der Waals surface area contributed by atoms with Gasteiger partial charge in [-0.15, -0.1) is 11.8 Å². The summed E-state index contributed by atoms with van der Waals surface area (Å²) < 4.78 is 14.8. The van der Waals surface area contributed by atoms with Crippen LogP contribution >= 0.6 is 27.7 Å². The Hall–Kier alpha value is -2.64. The molecule has 1 unspecified atom stereocenters. The van der Waals surface area contributed by atoms with E-state index in [1.54, 1.807) is 18.2 Å². The smallest absolute Gasteiger partial charge is 0.242 e. The van der Waals surface area contributed by atoms with Crippen molar-refractivity contribution < 1.29 is 14.0 Å². The maximum atomic E-state index is 14.2. The molecule has 0 bridgehead atoms. The Balaban J connectivity index is 1.83. The molecular weight excluding hydrogens is 455 g/mol. The molecule has 0 saturated heterocycles. The van der Waals surface area contributed by atoms with Crippen molar-refractivity contribution in [3.05, 3.63) is 88.6 Å². The Bertz CT molecular complexity index is 1010. The minimum Gasteiger partial charge on any atom is -0.326 e. The van der Waals surface area contributed by atoms with Crippen LogP contribution in [-0.4, -0.2) is 11.8 Å². The summed E-state index contributed by atoms with van der Waals surface area (Å²) in [6.45, 7) is 1.44. The molecule has 4 nitrogen and oxygen atoms in total. The van der Waals surface area contributed by atoms with Crippen molar-refractivity contribution in [1.29, 1.82) is 0 Å². The third kappa shape index (κ3) is 5.92. The number of hydrogen-bond acceptors (Lipinski definition) is 3. The van der Waals surface area contributed by atoms with Crippen molar-refractivity contribution in [2.75, 3.05) is 10.6 Å². The third-order valence-corrected chi connectivity index (χ3v) is 5.72. The van der Waals surface area contributed by atoms with E-state index < -0.39 is 11.1 Å². The summed E-state index contributed by atoms with van der Waals surface area (Å²) >= 11 is 4.56. The molecule has 0 spiro atoms. The molecule has 0 aliphatic carbocycles. The summed E-state index contributed by atoms with van der Waals surface area (Å²) in [4.78, 5) is 25.0. The van der Waals surface area contributed by atoms with Gasteiger partial charge in [0.2, 0.25) is 11.8 Å². The highest BCUT2D eigenvalue weighted by atomic mass is 79.9. The molecule has 0 heterocycles. The predicted octanol–water partition coefficient (Wildman–Crippen LogP) is 6.02. The van der Waals surface area contributed by atoms with Crippen molar-refractivity contribution in [3.8, 4) is 0 Å². The summed E-state index contributed by atoms with van der Waals surface area (Å²) in [5, 5.41) is 4.81. The van der Waals surface area contributed by atoms with Crippen LogP contribution in [0.25, 0.3) is 0 Å². The van der Waals surface area contributed by atoms with Crippen molar-refractivity contribution in [3.63, 3.8) is 0 Å². The zero-order valence-electron chi connectivity index (χ0n) is 15.5. The van der Waals surface area contributed by atoms with Crippen molar-refractivity contribution in [2.45, 2.75) is 17.1 Å². The number of carbonyl (C=O) groups is 2. The second-order valence-corrected chi connectivity index (χ2v) is 8.32. The van der Waals surface area contributed by atoms with Gasteiger partial charge in [-0.05, 0) is 48.0 Å². The van der Waals surface area contributed by atoms with E-state index in [-0.39, 0.29) is 17.5 Å². The fraction of sp³-hybridized carbons (Fsp3) is 0.0909. The molecule has 1 atom stereocenters. The first-order valence-corrected chi connectivity index (χ1v) is 10.4. The van der Waals surface area contributed by atoms with Crippen LogP contribution in [0.3, 0.4) is 0 Å². The van der Waals surface area contributed by atoms with Crippen molar-refractivity contribution >= 4 is 50.9 Å². The molecule has 0 saturated carbocycles. The molecule has 7 heteroatoms. The second kappa shape index (κ2) is 9.71. The lowest BCUT2D eigenvalue weighted by Gasteiger charge is -2.18. The van der Waals surface area contributed by atoms with Crippen molar-refractivity contribution in [1.82, 2.24) is 0 Å². The van der Waals surface area contributed by atoms with Gasteiger partial charge in [0, 0.05) is 22.0 Å². The lowest BCUT2D eigenvalue weighted by atomic mass is 10.1. The number of halogens is 2. The third-order valence-electron chi connectivity index (χ3n) is 3.96. The molecule has 0 radical (unpaired) electrons. The van der Waals surface area contributed by atoms with E-state index in [9.17, 15) is 14.0 Å². The fourth-order valence-corrected chi connectivity index (χ4v) is 4.00. The minimum absolute atomic E-state index is 0.126. The van der Waals surface area contributed by atoms with Crippen LogP contribution in [-0.2, 0) is 9.59 Å². The first kappa shape index (κ1) is 21.1. The van der Waals surface area contributed by atoms with Crippen LogP contribution in [0.4, 0.5) is 15.8 Å². The quantitative estimate of drug-likeness (QED) is 0.431. The van der Waals surface area contributed by atoms with E-state index in [0.717, 1.165) is 10.5 Å². The molecule has 0 aliphatic heterocycles. The Labute approximate surface area is 181 Å². The van der Waals surface area contributed by atoms with Crippen LogP contribution in [0.15, 0.2) is 82.2 Å². The molecular formula is C22H18BrFN2O2S. The zero-order valence-corrected chi connectivity index (χ0v) is 17.9. The topological polar surface area (TPSA) is 58.2 Å². The lowest BCUT2D eigenvalue weighted by molar-refractivity contribution is -0.116. The van der Waals surface area contributed by atoms with Crippen LogP contribution in [0.1, 0.15) is 17.7 Å². The maximum Gasteiger partial charge on any atom is 0.242 e. The van der Waals surface area contributed by atoms with Gasteiger partial charge in [0.25, 0.3) is 0 Å². The highest BCUT2D eigenvalue weighted by Gasteiger charge is 2.23. The average Bonchev–Trinajstić information content (AvgIpc) is 2.69. The van der Waals surface area contributed by atoms with Gasteiger partial charge >= 0.3 is 0 Å². The van der Waals surface area contributed by atoms with Gasteiger partial charge in [0.1, 0.15) is 11.1 Å². The molecule has 0 fully saturated rings. The molecule has 3 rings (SSSR count). The predicted molar refractivity (Wildman–Crippen MR) is 119 cm³/mol. The van der Waals surface area contributed by atoms with Gasteiger partial charge in [-0.25, -0.2) is 4.39 Å². The Morgan fingerprint density at radius 1 is 0.966 bits per heavy atom. The summed E-state index contributed by atoms with van der Waals surface area (Å²) in [6.07, 6.45) is 0. The summed E-state index contributed by atoms with van der Waals surface area (Å²) in [6, 6.07) is 21.0. The molecule has 148 valence electrons. The highest BCUT2D eigenvalue weighted by Crippen LogP contribution is 2.37. The number of anilines is 2. The first-order valence-electron chi connectivity index (χ1n) is 8.77. The standard InChI is InChI=1S/C22H18BrFN2O2S/c1-14(27)25-17-8-10-18(11-9-17)29-21(15-5-3-2-4-6-15)22(28)26-20-12-7-16(23)13-19(20)24/h2-13,21H,1H3,(H,25,27)(H,26,28). The van der Waals surface area contributed by atoms with Crippen molar-refractivity contribution in [2.24, 2.45) is 0 Å². The molecule has 3 aromatic carbocycles. The summed E-state index contributed by atoms with van der Waals surface area (Å²) in [5.41, 5.74) is 1.61. The maximum absolute atomic E-state index is 14.2. The summed E-state index contributed by atoms with van der Waals surface area (Å²) in [7, 11) is 0.